The van der Waals surface area contributed by atoms with E-state index < -0.39 is 5.97 Å². The molecule has 1 atom stereocenters. The molecule has 2 N–H and O–H groups in total. The molecule has 0 bridgehead atoms. The SMILES string of the molecule is O=C(O)c1ccccc1-c1ccc(CN2CCC(O)C2)cn1. The highest BCUT2D eigenvalue weighted by atomic mass is 16.4. The van der Waals surface area contributed by atoms with E-state index in [0.29, 0.717) is 17.8 Å². The van der Waals surface area contributed by atoms with E-state index >= 15 is 0 Å². The summed E-state index contributed by atoms with van der Waals surface area (Å²) >= 11 is 0. The van der Waals surface area contributed by atoms with Gasteiger partial charge in [0.25, 0.3) is 0 Å². The highest BCUT2D eigenvalue weighted by Gasteiger charge is 2.20. The Bertz CT molecular complexity index is 670. The van der Waals surface area contributed by atoms with Gasteiger partial charge in [-0.25, -0.2) is 4.79 Å². The average molecular weight is 298 g/mol. The van der Waals surface area contributed by atoms with E-state index in [4.69, 9.17) is 0 Å². The molecule has 1 unspecified atom stereocenters. The van der Waals surface area contributed by atoms with Crippen LogP contribution in [0.1, 0.15) is 22.3 Å². The number of β-amino-alcohol motifs (C(OH)–C–C–N with tert-alkyl or cyclic N) is 1. The van der Waals surface area contributed by atoms with Crippen LogP contribution in [-0.2, 0) is 6.54 Å². The Morgan fingerprint density at radius 3 is 2.73 bits per heavy atom. The summed E-state index contributed by atoms with van der Waals surface area (Å²) in [5.74, 6) is -0.951. The predicted molar refractivity (Wildman–Crippen MR) is 82.5 cm³/mol. The van der Waals surface area contributed by atoms with Crippen molar-refractivity contribution in [2.24, 2.45) is 0 Å². The van der Waals surface area contributed by atoms with Crippen LogP contribution in [0.4, 0.5) is 0 Å². The van der Waals surface area contributed by atoms with Crippen LogP contribution in [0.15, 0.2) is 42.6 Å². The van der Waals surface area contributed by atoms with E-state index in [1.54, 1.807) is 24.4 Å². The molecule has 2 aromatic rings. The maximum absolute atomic E-state index is 11.3. The van der Waals surface area contributed by atoms with Crippen LogP contribution in [0.5, 0.6) is 0 Å². The molecule has 2 heterocycles. The van der Waals surface area contributed by atoms with Gasteiger partial charge in [0, 0.05) is 31.4 Å². The second-order valence-corrected chi connectivity index (χ2v) is 5.58. The van der Waals surface area contributed by atoms with Gasteiger partial charge in [0.1, 0.15) is 0 Å². The molecule has 5 nitrogen and oxygen atoms in total. The molecule has 1 fully saturated rings. The Hall–Kier alpha value is -2.24. The molecule has 0 saturated carbocycles. The summed E-state index contributed by atoms with van der Waals surface area (Å²) in [6.07, 6.45) is 2.37. The maximum atomic E-state index is 11.3. The quantitative estimate of drug-likeness (QED) is 0.903. The van der Waals surface area contributed by atoms with Gasteiger partial charge in [-0.1, -0.05) is 24.3 Å². The molecule has 0 aliphatic carbocycles. The number of carbonyl (C=O) groups is 1. The van der Waals surface area contributed by atoms with Gasteiger partial charge in [-0.3, -0.25) is 9.88 Å². The Balaban J connectivity index is 1.78. The summed E-state index contributed by atoms with van der Waals surface area (Å²) in [5, 5.41) is 18.8. The first kappa shape index (κ1) is 14.7. The third-order valence-electron chi connectivity index (χ3n) is 3.91. The molecule has 0 radical (unpaired) electrons. The van der Waals surface area contributed by atoms with Crippen molar-refractivity contribution in [2.75, 3.05) is 13.1 Å². The largest absolute Gasteiger partial charge is 0.478 e. The standard InChI is InChI=1S/C17H18N2O3/c20-13-7-8-19(11-13)10-12-5-6-16(18-9-12)14-3-1-2-4-15(14)17(21)22/h1-6,9,13,20H,7-8,10-11H2,(H,21,22). The van der Waals surface area contributed by atoms with Gasteiger partial charge in [-0.2, -0.15) is 0 Å². The average Bonchev–Trinajstić information content (AvgIpc) is 2.93. The number of hydrogen-bond donors (Lipinski definition) is 2. The van der Waals surface area contributed by atoms with Crippen molar-refractivity contribution >= 4 is 5.97 Å². The molecule has 5 heteroatoms. The number of hydrogen-bond acceptors (Lipinski definition) is 4. The number of aromatic nitrogens is 1. The van der Waals surface area contributed by atoms with Gasteiger partial charge in [0.05, 0.1) is 17.4 Å². The van der Waals surface area contributed by atoms with E-state index in [0.717, 1.165) is 25.1 Å². The highest BCUT2D eigenvalue weighted by molar-refractivity contribution is 5.95. The summed E-state index contributed by atoms with van der Waals surface area (Å²) in [6.45, 7) is 2.35. The molecule has 0 amide bonds. The summed E-state index contributed by atoms with van der Waals surface area (Å²) in [4.78, 5) is 17.9. The van der Waals surface area contributed by atoms with E-state index in [2.05, 4.69) is 9.88 Å². The Morgan fingerprint density at radius 2 is 2.09 bits per heavy atom. The number of benzene rings is 1. The highest BCUT2D eigenvalue weighted by Crippen LogP contribution is 2.22. The Kier molecular flexibility index (Phi) is 4.18. The Labute approximate surface area is 128 Å². The molecule has 1 aromatic heterocycles. The molecule has 1 aliphatic rings. The minimum absolute atomic E-state index is 0.227. The fourth-order valence-electron chi connectivity index (χ4n) is 2.78. The van der Waals surface area contributed by atoms with Crippen LogP contribution >= 0.6 is 0 Å². The number of pyridine rings is 1. The third-order valence-corrected chi connectivity index (χ3v) is 3.91. The molecule has 1 aliphatic heterocycles. The topological polar surface area (TPSA) is 73.7 Å². The van der Waals surface area contributed by atoms with E-state index in [9.17, 15) is 15.0 Å². The first-order valence-electron chi connectivity index (χ1n) is 7.31. The molecular formula is C17H18N2O3. The van der Waals surface area contributed by atoms with Crippen molar-refractivity contribution in [1.29, 1.82) is 0 Å². The number of rotatable bonds is 4. The van der Waals surface area contributed by atoms with Crippen LogP contribution < -0.4 is 0 Å². The second kappa shape index (κ2) is 6.25. The van der Waals surface area contributed by atoms with Crippen molar-refractivity contribution < 1.29 is 15.0 Å². The van der Waals surface area contributed by atoms with Gasteiger partial charge in [0.15, 0.2) is 0 Å². The second-order valence-electron chi connectivity index (χ2n) is 5.58. The lowest BCUT2D eigenvalue weighted by Gasteiger charge is -2.14. The van der Waals surface area contributed by atoms with Crippen LogP contribution in [0.3, 0.4) is 0 Å². The number of carboxylic acid groups (broad SMARTS) is 1. The monoisotopic (exact) mass is 298 g/mol. The number of aliphatic hydroxyl groups excluding tert-OH is 1. The van der Waals surface area contributed by atoms with Crippen LogP contribution in [-0.4, -0.2) is 45.3 Å². The van der Waals surface area contributed by atoms with Gasteiger partial charge >= 0.3 is 5.97 Å². The molecule has 22 heavy (non-hydrogen) atoms. The van der Waals surface area contributed by atoms with Crippen molar-refractivity contribution in [3.63, 3.8) is 0 Å². The first-order valence-corrected chi connectivity index (χ1v) is 7.31. The van der Waals surface area contributed by atoms with Gasteiger partial charge in [0.2, 0.25) is 0 Å². The minimum Gasteiger partial charge on any atom is -0.478 e. The summed E-state index contributed by atoms with van der Waals surface area (Å²) < 4.78 is 0. The smallest absolute Gasteiger partial charge is 0.336 e. The lowest BCUT2D eigenvalue weighted by molar-refractivity contribution is 0.0697. The number of likely N-dealkylation sites (tertiary alicyclic amines) is 1. The fraction of sp³-hybridized carbons (Fsp3) is 0.294. The van der Waals surface area contributed by atoms with Crippen LogP contribution in [0.25, 0.3) is 11.3 Å². The predicted octanol–water partition coefficient (Wildman–Crippen LogP) is 2.01. The lowest BCUT2D eigenvalue weighted by atomic mass is 10.0. The molecular weight excluding hydrogens is 280 g/mol. The van der Waals surface area contributed by atoms with Crippen LogP contribution in [0.2, 0.25) is 0 Å². The van der Waals surface area contributed by atoms with Crippen molar-refractivity contribution in [3.8, 4) is 11.3 Å². The molecule has 1 aromatic carbocycles. The van der Waals surface area contributed by atoms with Crippen molar-refractivity contribution in [1.82, 2.24) is 9.88 Å². The summed E-state index contributed by atoms with van der Waals surface area (Å²) in [5.41, 5.74) is 2.59. The number of aliphatic hydroxyl groups is 1. The minimum atomic E-state index is -0.951. The number of aromatic carboxylic acids is 1. The molecule has 114 valence electrons. The zero-order chi connectivity index (χ0) is 15.5. The van der Waals surface area contributed by atoms with Crippen molar-refractivity contribution in [3.05, 3.63) is 53.7 Å². The third kappa shape index (κ3) is 3.16. The molecule has 1 saturated heterocycles. The number of nitrogens with zero attached hydrogens (tertiary/aromatic N) is 2. The van der Waals surface area contributed by atoms with Crippen LogP contribution in [0, 0.1) is 0 Å². The fourth-order valence-corrected chi connectivity index (χ4v) is 2.78. The van der Waals surface area contributed by atoms with Gasteiger partial charge in [-0.05, 0) is 24.1 Å². The number of carboxylic acids is 1. The van der Waals surface area contributed by atoms with E-state index in [-0.39, 0.29) is 11.7 Å². The van der Waals surface area contributed by atoms with Gasteiger partial charge in [-0.15, -0.1) is 0 Å². The zero-order valence-electron chi connectivity index (χ0n) is 12.1. The lowest BCUT2D eigenvalue weighted by Crippen LogP contribution is -2.21. The Morgan fingerprint density at radius 1 is 1.27 bits per heavy atom. The summed E-state index contributed by atoms with van der Waals surface area (Å²) in [6, 6.07) is 10.7. The zero-order valence-corrected chi connectivity index (χ0v) is 12.1. The van der Waals surface area contributed by atoms with E-state index in [1.165, 1.54) is 0 Å². The molecule has 3 rings (SSSR count). The van der Waals surface area contributed by atoms with Crippen molar-refractivity contribution in [2.45, 2.75) is 19.1 Å². The van der Waals surface area contributed by atoms with Gasteiger partial charge < -0.3 is 10.2 Å². The molecule has 0 spiro atoms. The van der Waals surface area contributed by atoms with E-state index in [1.807, 2.05) is 18.2 Å². The summed E-state index contributed by atoms with van der Waals surface area (Å²) in [7, 11) is 0. The first-order chi connectivity index (χ1) is 10.6. The maximum Gasteiger partial charge on any atom is 0.336 e. The normalized spacial score (nSPS) is 18.5.